The van der Waals surface area contributed by atoms with Crippen LogP contribution < -0.4 is 10.1 Å². The highest BCUT2D eigenvalue weighted by atomic mass is 32.2. The fraction of sp³-hybridized carbons (Fsp3) is 0.353. The number of amides is 2. The zero-order chi connectivity index (χ0) is 17.5. The van der Waals surface area contributed by atoms with Crippen molar-refractivity contribution < 1.29 is 14.3 Å². The fourth-order valence-electron chi connectivity index (χ4n) is 2.24. The largest absolute Gasteiger partial charge is 0.497 e. The molecule has 0 spiro atoms. The Labute approximate surface area is 145 Å². The number of benzene rings is 1. The lowest BCUT2D eigenvalue weighted by Crippen LogP contribution is -2.28. The molecular formula is C17H19N3O3S. The predicted octanol–water partition coefficient (Wildman–Crippen LogP) is 2.74. The standard InChI is InChI=1S/C17H19N3O3S/c1-3-4-8-20-15(21)11-24-17(20)14(10-18)16(22)19-12-6-5-7-13(9-12)23-2/h5-7,9H,3-4,8,11H2,1-2H3,(H,19,22)/b17-14-. The van der Waals surface area contributed by atoms with Crippen LogP contribution in [0.5, 0.6) is 5.75 Å². The minimum absolute atomic E-state index is 0.0372. The summed E-state index contributed by atoms with van der Waals surface area (Å²) in [6.07, 6.45) is 1.76. The van der Waals surface area contributed by atoms with Gasteiger partial charge in [-0.25, -0.2) is 0 Å². The first-order valence-electron chi connectivity index (χ1n) is 7.63. The van der Waals surface area contributed by atoms with Gasteiger partial charge in [-0.05, 0) is 18.6 Å². The van der Waals surface area contributed by atoms with Crippen LogP contribution in [0.3, 0.4) is 0 Å². The molecule has 1 heterocycles. The molecule has 0 saturated carbocycles. The van der Waals surface area contributed by atoms with E-state index in [1.54, 1.807) is 24.3 Å². The van der Waals surface area contributed by atoms with Gasteiger partial charge in [-0.15, -0.1) is 0 Å². The van der Waals surface area contributed by atoms with Gasteiger partial charge < -0.3 is 15.0 Å². The van der Waals surface area contributed by atoms with Crippen LogP contribution in [-0.4, -0.2) is 36.1 Å². The third kappa shape index (κ3) is 4.09. The first-order chi connectivity index (χ1) is 11.6. The molecule has 1 aliphatic rings. The summed E-state index contributed by atoms with van der Waals surface area (Å²) in [6, 6.07) is 8.82. The van der Waals surface area contributed by atoms with E-state index in [2.05, 4.69) is 5.32 Å². The van der Waals surface area contributed by atoms with Crippen molar-refractivity contribution in [2.75, 3.05) is 24.7 Å². The highest BCUT2D eigenvalue weighted by Gasteiger charge is 2.31. The summed E-state index contributed by atoms with van der Waals surface area (Å²) < 4.78 is 5.11. The predicted molar refractivity (Wildman–Crippen MR) is 93.3 cm³/mol. The van der Waals surface area contributed by atoms with Gasteiger partial charge >= 0.3 is 0 Å². The molecule has 2 rings (SSSR count). The van der Waals surface area contributed by atoms with Crippen molar-refractivity contribution in [3.8, 4) is 11.8 Å². The quantitative estimate of drug-likeness (QED) is 0.633. The van der Waals surface area contributed by atoms with E-state index in [1.165, 1.54) is 23.8 Å². The normalized spacial score (nSPS) is 15.9. The second-order valence-electron chi connectivity index (χ2n) is 5.17. The average Bonchev–Trinajstić information content (AvgIpc) is 2.94. The molecule has 1 aliphatic heterocycles. The number of rotatable bonds is 6. The van der Waals surface area contributed by atoms with Gasteiger partial charge in [-0.2, -0.15) is 5.26 Å². The number of nitrogens with zero attached hydrogens (tertiary/aromatic N) is 2. The maximum absolute atomic E-state index is 12.5. The third-order valence-electron chi connectivity index (χ3n) is 3.49. The van der Waals surface area contributed by atoms with Gasteiger partial charge in [0.15, 0.2) is 0 Å². The summed E-state index contributed by atoms with van der Waals surface area (Å²) in [6.45, 7) is 2.55. The van der Waals surface area contributed by atoms with Crippen LogP contribution in [0, 0.1) is 11.3 Å². The van der Waals surface area contributed by atoms with Gasteiger partial charge in [0.1, 0.15) is 22.4 Å². The summed E-state index contributed by atoms with van der Waals surface area (Å²) in [4.78, 5) is 26.0. The first-order valence-corrected chi connectivity index (χ1v) is 8.62. The molecule has 126 valence electrons. The smallest absolute Gasteiger partial charge is 0.269 e. The Kier molecular flexibility index (Phi) is 6.27. The average molecular weight is 345 g/mol. The van der Waals surface area contributed by atoms with Crippen LogP contribution in [0.2, 0.25) is 0 Å². The third-order valence-corrected chi connectivity index (χ3v) is 4.58. The lowest BCUT2D eigenvalue weighted by molar-refractivity contribution is -0.125. The van der Waals surface area contributed by atoms with Crippen molar-refractivity contribution in [2.45, 2.75) is 19.8 Å². The van der Waals surface area contributed by atoms with Crippen molar-refractivity contribution in [1.29, 1.82) is 5.26 Å². The molecule has 7 heteroatoms. The second kappa shape index (κ2) is 8.41. The number of methoxy groups -OCH3 is 1. The summed E-state index contributed by atoms with van der Waals surface area (Å²) in [5, 5.41) is 12.5. The highest BCUT2D eigenvalue weighted by molar-refractivity contribution is 8.04. The summed E-state index contributed by atoms with van der Waals surface area (Å²) in [7, 11) is 1.54. The number of nitrogens with one attached hydrogen (secondary N) is 1. The lowest BCUT2D eigenvalue weighted by Gasteiger charge is -2.17. The lowest BCUT2D eigenvalue weighted by atomic mass is 10.2. The van der Waals surface area contributed by atoms with Crippen molar-refractivity contribution in [1.82, 2.24) is 4.90 Å². The van der Waals surface area contributed by atoms with Gasteiger partial charge in [-0.1, -0.05) is 31.2 Å². The van der Waals surface area contributed by atoms with Crippen LogP contribution in [-0.2, 0) is 9.59 Å². The zero-order valence-electron chi connectivity index (χ0n) is 13.7. The Morgan fingerprint density at radius 1 is 1.50 bits per heavy atom. The van der Waals surface area contributed by atoms with Gasteiger partial charge in [0.05, 0.1) is 12.9 Å². The molecule has 0 radical (unpaired) electrons. The van der Waals surface area contributed by atoms with Gasteiger partial charge in [-0.3, -0.25) is 9.59 Å². The monoisotopic (exact) mass is 345 g/mol. The molecule has 0 aromatic heterocycles. The molecule has 6 nitrogen and oxygen atoms in total. The molecule has 1 aromatic carbocycles. The molecule has 1 N–H and O–H groups in total. The molecule has 2 amide bonds. The number of carbonyl (C=O) groups excluding carboxylic acids is 2. The maximum atomic E-state index is 12.5. The van der Waals surface area contributed by atoms with E-state index >= 15 is 0 Å². The van der Waals surface area contributed by atoms with Crippen LogP contribution in [0.15, 0.2) is 34.9 Å². The van der Waals surface area contributed by atoms with Crippen LogP contribution >= 0.6 is 11.8 Å². The molecule has 1 fully saturated rings. The van der Waals surface area contributed by atoms with Gasteiger partial charge in [0.2, 0.25) is 5.91 Å². The number of hydrogen-bond donors (Lipinski definition) is 1. The Morgan fingerprint density at radius 2 is 2.29 bits per heavy atom. The van der Waals surface area contributed by atoms with E-state index in [4.69, 9.17) is 4.74 Å². The Balaban J connectivity index is 2.23. The van der Waals surface area contributed by atoms with Crippen molar-refractivity contribution in [3.05, 3.63) is 34.9 Å². The summed E-state index contributed by atoms with van der Waals surface area (Å²) in [5.41, 5.74) is 0.493. The second-order valence-corrected chi connectivity index (χ2v) is 6.13. The molecular weight excluding hydrogens is 326 g/mol. The minimum atomic E-state index is -0.524. The number of carbonyl (C=O) groups is 2. The molecule has 1 aromatic rings. The summed E-state index contributed by atoms with van der Waals surface area (Å²) >= 11 is 1.24. The van der Waals surface area contributed by atoms with Crippen molar-refractivity contribution >= 4 is 29.3 Å². The number of nitriles is 1. The SMILES string of the molecule is CCCCN1C(=O)CS/C1=C(/C#N)C(=O)Nc1cccc(OC)c1. The molecule has 0 bridgehead atoms. The topological polar surface area (TPSA) is 82.4 Å². The number of hydrogen-bond acceptors (Lipinski definition) is 5. The Morgan fingerprint density at radius 3 is 2.96 bits per heavy atom. The van der Waals surface area contributed by atoms with E-state index in [-0.39, 0.29) is 17.2 Å². The number of ether oxygens (including phenoxy) is 1. The molecule has 24 heavy (non-hydrogen) atoms. The van der Waals surface area contributed by atoms with E-state index in [0.29, 0.717) is 23.0 Å². The van der Waals surface area contributed by atoms with Crippen LogP contribution in [0.25, 0.3) is 0 Å². The van der Waals surface area contributed by atoms with Crippen molar-refractivity contribution in [3.63, 3.8) is 0 Å². The van der Waals surface area contributed by atoms with E-state index in [9.17, 15) is 14.9 Å². The van der Waals surface area contributed by atoms with E-state index in [1.807, 2.05) is 13.0 Å². The first kappa shape index (κ1) is 17.9. The number of anilines is 1. The minimum Gasteiger partial charge on any atom is -0.497 e. The Hall–Kier alpha value is -2.46. The van der Waals surface area contributed by atoms with Crippen LogP contribution in [0.1, 0.15) is 19.8 Å². The fourth-order valence-corrected chi connectivity index (χ4v) is 3.29. The van der Waals surface area contributed by atoms with Gasteiger partial charge in [0, 0.05) is 18.3 Å². The Bertz CT molecular complexity index is 709. The molecule has 1 saturated heterocycles. The van der Waals surface area contributed by atoms with Gasteiger partial charge in [0.25, 0.3) is 5.91 Å². The summed E-state index contributed by atoms with van der Waals surface area (Å²) in [5.74, 6) is 0.278. The molecule has 0 atom stereocenters. The zero-order valence-corrected chi connectivity index (χ0v) is 14.5. The van der Waals surface area contributed by atoms with E-state index in [0.717, 1.165) is 12.8 Å². The molecule has 0 aliphatic carbocycles. The number of thioether (sulfide) groups is 1. The van der Waals surface area contributed by atoms with Crippen molar-refractivity contribution in [2.24, 2.45) is 0 Å². The maximum Gasteiger partial charge on any atom is 0.269 e. The highest BCUT2D eigenvalue weighted by Crippen LogP contribution is 2.32. The van der Waals surface area contributed by atoms with Crippen LogP contribution in [0.4, 0.5) is 5.69 Å². The molecule has 0 unspecified atom stereocenters. The van der Waals surface area contributed by atoms with E-state index < -0.39 is 5.91 Å². The number of unbranched alkanes of at least 4 members (excludes halogenated alkanes) is 1.